The zero-order valence-electron chi connectivity index (χ0n) is 12.6. The molecule has 0 aliphatic heterocycles. The molecule has 21 heavy (non-hydrogen) atoms. The van der Waals surface area contributed by atoms with E-state index in [1.165, 1.54) is 0 Å². The van der Waals surface area contributed by atoms with Crippen molar-refractivity contribution < 1.29 is 9.47 Å². The molecule has 0 amide bonds. The molecule has 0 spiro atoms. The Morgan fingerprint density at radius 2 is 1.95 bits per heavy atom. The van der Waals surface area contributed by atoms with Gasteiger partial charge in [0, 0.05) is 51.0 Å². The molecular formula is C15H23ClN2O2S. The molecule has 0 bridgehead atoms. The summed E-state index contributed by atoms with van der Waals surface area (Å²) in [6, 6.07) is 5.71. The normalized spacial score (nSPS) is 11.0. The molecular weight excluding hydrogens is 308 g/mol. The SMILES string of the molecule is COCCCN(CCOC)Cc1ccc(C(N)=S)cc1Cl. The van der Waals surface area contributed by atoms with E-state index in [0.29, 0.717) is 16.6 Å². The van der Waals surface area contributed by atoms with Crippen LogP contribution < -0.4 is 5.73 Å². The maximum atomic E-state index is 6.32. The minimum Gasteiger partial charge on any atom is -0.389 e. The van der Waals surface area contributed by atoms with Gasteiger partial charge in [0.05, 0.1) is 6.61 Å². The van der Waals surface area contributed by atoms with E-state index in [1.54, 1.807) is 14.2 Å². The van der Waals surface area contributed by atoms with Crippen molar-refractivity contribution in [3.63, 3.8) is 0 Å². The van der Waals surface area contributed by atoms with Crippen LogP contribution >= 0.6 is 23.8 Å². The fraction of sp³-hybridized carbons (Fsp3) is 0.533. The van der Waals surface area contributed by atoms with Gasteiger partial charge in [0.25, 0.3) is 0 Å². The topological polar surface area (TPSA) is 47.7 Å². The molecule has 118 valence electrons. The fourth-order valence-corrected chi connectivity index (χ4v) is 2.36. The number of halogens is 1. The second kappa shape index (κ2) is 10.1. The third-order valence-corrected chi connectivity index (χ3v) is 3.75. The summed E-state index contributed by atoms with van der Waals surface area (Å²) in [5.41, 5.74) is 7.47. The van der Waals surface area contributed by atoms with Crippen molar-refractivity contribution in [2.24, 2.45) is 5.73 Å². The first-order valence-electron chi connectivity index (χ1n) is 6.87. The van der Waals surface area contributed by atoms with Crippen molar-refractivity contribution in [3.8, 4) is 0 Å². The average molecular weight is 331 g/mol. The molecule has 0 unspecified atom stereocenters. The van der Waals surface area contributed by atoms with Gasteiger partial charge in [-0.3, -0.25) is 4.90 Å². The number of ether oxygens (including phenoxy) is 2. The number of hydrogen-bond acceptors (Lipinski definition) is 4. The van der Waals surface area contributed by atoms with Crippen molar-refractivity contribution in [1.29, 1.82) is 0 Å². The van der Waals surface area contributed by atoms with Crippen LogP contribution in [0.4, 0.5) is 0 Å². The van der Waals surface area contributed by atoms with Gasteiger partial charge in [0.2, 0.25) is 0 Å². The van der Waals surface area contributed by atoms with E-state index >= 15 is 0 Å². The monoisotopic (exact) mass is 330 g/mol. The average Bonchev–Trinajstić information content (AvgIpc) is 2.46. The summed E-state index contributed by atoms with van der Waals surface area (Å²) < 4.78 is 10.3. The van der Waals surface area contributed by atoms with E-state index < -0.39 is 0 Å². The molecule has 1 aromatic rings. The lowest BCUT2D eigenvalue weighted by Crippen LogP contribution is -2.29. The van der Waals surface area contributed by atoms with E-state index in [2.05, 4.69) is 4.90 Å². The van der Waals surface area contributed by atoms with Gasteiger partial charge in [0.1, 0.15) is 4.99 Å². The Morgan fingerprint density at radius 1 is 1.24 bits per heavy atom. The first-order chi connectivity index (χ1) is 10.1. The molecule has 2 N–H and O–H groups in total. The van der Waals surface area contributed by atoms with E-state index in [-0.39, 0.29) is 0 Å². The maximum absolute atomic E-state index is 6.32. The fourth-order valence-electron chi connectivity index (χ4n) is 1.99. The van der Waals surface area contributed by atoms with Crippen LogP contribution in [-0.4, -0.2) is 50.4 Å². The molecule has 4 nitrogen and oxygen atoms in total. The Hall–Kier alpha value is -0.720. The Morgan fingerprint density at radius 3 is 2.52 bits per heavy atom. The number of benzene rings is 1. The van der Waals surface area contributed by atoms with Gasteiger partial charge in [-0.05, 0) is 18.1 Å². The van der Waals surface area contributed by atoms with Crippen LogP contribution in [0.5, 0.6) is 0 Å². The van der Waals surface area contributed by atoms with Gasteiger partial charge in [-0.1, -0.05) is 36.0 Å². The molecule has 0 heterocycles. The number of nitrogens with zero attached hydrogens (tertiary/aromatic N) is 1. The van der Waals surface area contributed by atoms with Crippen LogP contribution in [0.3, 0.4) is 0 Å². The molecule has 0 fully saturated rings. The van der Waals surface area contributed by atoms with Gasteiger partial charge in [-0.15, -0.1) is 0 Å². The summed E-state index contributed by atoms with van der Waals surface area (Å²) >= 11 is 11.3. The number of rotatable bonds is 10. The second-order valence-electron chi connectivity index (χ2n) is 4.79. The maximum Gasteiger partial charge on any atom is 0.104 e. The van der Waals surface area contributed by atoms with Crippen LogP contribution in [0, 0.1) is 0 Å². The second-order valence-corrected chi connectivity index (χ2v) is 5.63. The molecule has 0 radical (unpaired) electrons. The molecule has 0 aliphatic carbocycles. The molecule has 0 atom stereocenters. The lowest BCUT2D eigenvalue weighted by molar-refractivity contribution is 0.129. The zero-order valence-corrected chi connectivity index (χ0v) is 14.2. The lowest BCUT2D eigenvalue weighted by Gasteiger charge is -2.22. The van der Waals surface area contributed by atoms with Gasteiger partial charge in [-0.2, -0.15) is 0 Å². The van der Waals surface area contributed by atoms with Crippen molar-refractivity contribution in [3.05, 3.63) is 34.3 Å². The third-order valence-electron chi connectivity index (χ3n) is 3.17. The van der Waals surface area contributed by atoms with E-state index in [4.69, 9.17) is 39.0 Å². The van der Waals surface area contributed by atoms with Crippen molar-refractivity contribution in [2.75, 3.05) is 40.5 Å². The Kier molecular flexibility index (Phi) is 8.80. The van der Waals surface area contributed by atoms with Gasteiger partial charge < -0.3 is 15.2 Å². The highest BCUT2D eigenvalue weighted by Gasteiger charge is 2.10. The van der Waals surface area contributed by atoms with Gasteiger partial charge >= 0.3 is 0 Å². The number of nitrogens with two attached hydrogens (primary N) is 1. The van der Waals surface area contributed by atoms with Crippen LogP contribution in [0.2, 0.25) is 5.02 Å². The Balaban J connectivity index is 2.69. The summed E-state index contributed by atoms with van der Waals surface area (Å²) in [4.78, 5) is 2.66. The molecule has 1 aromatic carbocycles. The quantitative estimate of drug-likeness (QED) is 0.527. The lowest BCUT2D eigenvalue weighted by atomic mass is 10.1. The van der Waals surface area contributed by atoms with Crippen molar-refractivity contribution in [2.45, 2.75) is 13.0 Å². The van der Waals surface area contributed by atoms with E-state index in [9.17, 15) is 0 Å². The van der Waals surface area contributed by atoms with Gasteiger partial charge in [0.15, 0.2) is 0 Å². The standard InChI is InChI=1S/C15H23ClN2O2S/c1-19-8-3-6-18(7-9-20-2)11-13-5-4-12(15(17)21)10-14(13)16/h4-5,10H,3,6-9,11H2,1-2H3,(H2,17,21). The minimum absolute atomic E-state index is 0.361. The highest BCUT2D eigenvalue weighted by Crippen LogP contribution is 2.20. The van der Waals surface area contributed by atoms with Crippen molar-refractivity contribution >= 4 is 28.8 Å². The first-order valence-corrected chi connectivity index (χ1v) is 7.65. The molecule has 0 aromatic heterocycles. The van der Waals surface area contributed by atoms with E-state index in [1.807, 2.05) is 18.2 Å². The van der Waals surface area contributed by atoms with Crippen LogP contribution in [0.1, 0.15) is 17.5 Å². The Bertz CT molecular complexity index is 457. The summed E-state index contributed by atoms with van der Waals surface area (Å²) in [7, 11) is 3.42. The third kappa shape index (κ3) is 6.72. The van der Waals surface area contributed by atoms with Crippen LogP contribution in [-0.2, 0) is 16.0 Å². The summed E-state index contributed by atoms with van der Waals surface area (Å²) in [6.45, 7) is 3.99. The van der Waals surface area contributed by atoms with Gasteiger partial charge in [-0.25, -0.2) is 0 Å². The molecule has 1 rings (SSSR count). The molecule has 6 heteroatoms. The Labute approximate surface area is 137 Å². The summed E-state index contributed by atoms with van der Waals surface area (Å²) in [6.07, 6.45) is 0.975. The van der Waals surface area contributed by atoms with Crippen molar-refractivity contribution in [1.82, 2.24) is 4.90 Å². The summed E-state index contributed by atoms with van der Waals surface area (Å²) in [5.74, 6) is 0. The molecule has 0 aliphatic rings. The highest BCUT2D eigenvalue weighted by atomic mass is 35.5. The molecule has 0 saturated heterocycles. The number of hydrogen-bond donors (Lipinski definition) is 1. The van der Waals surface area contributed by atoms with Crippen LogP contribution in [0.15, 0.2) is 18.2 Å². The smallest absolute Gasteiger partial charge is 0.104 e. The predicted octanol–water partition coefficient (Wildman–Crippen LogP) is 2.46. The van der Waals surface area contributed by atoms with Crippen LogP contribution in [0.25, 0.3) is 0 Å². The minimum atomic E-state index is 0.361. The largest absolute Gasteiger partial charge is 0.389 e. The van der Waals surface area contributed by atoms with E-state index in [0.717, 1.165) is 43.8 Å². The number of methoxy groups -OCH3 is 2. The predicted molar refractivity (Wildman–Crippen MR) is 91.0 cm³/mol. The number of thiocarbonyl (C=S) groups is 1. The highest BCUT2D eigenvalue weighted by molar-refractivity contribution is 7.80. The first kappa shape index (κ1) is 18.3. The molecule has 0 saturated carbocycles. The summed E-state index contributed by atoms with van der Waals surface area (Å²) in [5, 5.41) is 0.689. The zero-order chi connectivity index (χ0) is 15.7.